The van der Waals surface area contributed by atoms with Gasteiger partial charge in [-0.3, -0.25) is 4.79 Å². The van der Waals surface area contributed by atoms with Crippen LogP contribution in [0.4, 0.5) is 0 Å². The third-order valence-corrected chi connectivity index (χ3v) is 13.1. The van der Waals surface area contributed by atoms with Gasteiger partial charge in [-0.1, -0.05) is 32.4 Å². The van der Waals surface area contributed by atoms with Crippen molar-refractivity contribution < 1.29 is 25.2 Å². The largest absolute Gasteiger partial charge is 0.481 e. The molecule has 198 valence electrons. The summed E-state index contributed by atoms with van der Waals surface area (Å²) >= 11 is 0. The smallest absolute Gasteiger partial charge is 0.312 e. The molecule has 12 atom stereocenters. The Labute approximate surface area is 211 Å². The fourth-order valence-electron chi connectivity index (χ4n) is 11.3. The van der Waals surface area contributed by atoms with E-state index >= 15 is 0 Å². The number of carboxylic acid groups (broad SMARTS) is 1. The predicted octanol–water partition coefficient (Wildman–Crippen LogP) is 5.18. The van der Waals surface area contributed by atoms with E-state index in [2.05, 4.69) is 40.7 Å². The van der Waals surface area contributed by atoms with Crippen LogP contribution >= 0.6 is 0 Å². The third-order valence-electron chi connectivity index (χ3n) is 13.1. The van der Waals surface area contributed by atoms with Gasteiger partial charge in [0, 0.05) is 11.8 Å². The van der Waals surface area contributed by atoms with E-state index in [0.29, 0.717) is 11.8 Å². The zero-order valence-corrected chi connectivity index (χ0v) is 22.7. The molecule has 0 unspecified atom stereocenters. The second kappa shape index (κ2) is 7.80. The van der Waals surface area contributed by atoms with Crippen LogP contribution in [0.25, 0.3) is 0 Å². The summed E-state index contributed by atoms with van der Waals surface area (Å²) in [4.78, 5) is 12.5. The van der Waals surface area contributed by atoms with Crippen LogP contribution in [-0.4, -0.2) is 44.7 Å². The van der Waals surface area contributed by atoms with Crippen LogP contribution in [-0.2, 0) is 4.79 Å². The van der Waals surface area contributed by atoms with E-state index in [9.17, 15) is 25.2 Å². The van der Waals surface area contributed by atoms with E-state index < -0.39 is 29.0 Å². The molecule has 0 bridgehead atoms. The van der Waals surface area contributed by atoms with Crippen LogP contribution < -0.4 is 0 Å². The molecule has 5 heteroatoms. The molecular formula is C30H48O5. The summed E-state index contributed by atoms with van der Waals surface area (Å²) in [6, 6.07) is 0. The lowest BCUT2D eigenvalue weighted by molar-refractivity contribution is -0.210. The van der Waals surface area contributed by atoms with Crippen LogP contribution in [0.2, 0.25) is 0 Å². The molecule has 5 nitrogen and oxygen atoms in total. The van der Waals surface area contributed by atoms with Crippen LogP contribution in [0, 0.1) is 50.7 Å². The highest BCUT2D eigenvalue weighted by molar-refractivity contribution is 5.76. The zero-order valence-electron chi connectivity index (χ0n) is 22.7. The molecule has 0 radical (unpaired) electrons. The summed E-state index contributed by atoms with van der Waals surface area (Å²) in [6.45, 7) is 13.2. The maximum atomic E-state index is 12.5. The lowest BCUT2D eigenvalue weighted by atomic mass is 9.41. The lowest BCUT2D eigenvalue weighted by Gasteiger charge is -2.63. The van der Waals surface area contributed by atoms with Gasteiger partial charge >= 0.3 is 5.97 Å². The molecule has 0 amide bonds. The molecule has 2 spiro atoms. The van der Waals surface area contributed by atoms with Gasteiger partial charge in [0.05, 0.1) is 23.7 Å². The minimum absolute atomic E-state index is 0.0238. The summed E-state index contributed by atoms with van der Waals surface area (Å²) < 4.78 is 0. The number of hydrogen-bond donors (Lipinski definition) is 4. The van der Waals surface area contributed by atoms with Gasteiger partial charge in [0.2, 0.25) is 0 Å². The molecule has 35 heavy (non-hydrogen) atoms. The van der Waals surface area contributed by atoms with E-state index in [1.54, 1.807) is 6.92 Å². The van der Waals surface area contributed by atoms with Crippen molar-refractivity contribution in [2.75, 3.05) is 0 Å². The molecular weight excluding hydrogens is 440 g/mol. The SMILES string of the molecule is CC(C)=CCC[C@@H](C)[C@H]1[C@H](O)C[C@@]2(C)[C@@H]3CC[C@H]4[C@](C)(C(=O)O)[C@@H](O)C[C@H](O)[C@@]45C[C@@]35CC[C@]12C. The van der Waals surface area contributed by atoms with Gasteiger partial charge in [-0.05, 0) is 112 Å². The molecule has 0 aromatic rings. The first-order valence-electron chi connectivity index (χ1n) is 14.1. The maximum Gasteiger partial charge on any atom is 0.312 e. The first-order valence-corrected chi connectivity index (χ1v) is 14.1. The number of carboxylic acids is 1. The summed E-state index contributed by atoms with van der Waals surface area (Å²) in [5.74, 6) is -0.0183. The van der Waals surface area contributed by atoms with Gasteiger partial charge in [-0.15, -0.1) is 0 Å². The van der Waals surface area contributed by atoms with E-state index in [1.807, 2.05) is 0 Å². The van der Waals surface area contributed by atoms with E-state index in [1.165, 1.54) is 5.57 Å². The normalized spacial score (nSPS) is 55.1. The second-order valence-electron chi connectivity index (χ2n) is 14.4. The lowest BCUT2D eigenvalue weighted by Crippen LogP contribution is -2.63. The number of carbonyl (C=O) groups is 1. The molecule has 5 saturated carbocycles. The Balaban J connectivity index is 1.48. The highest BCUT2D eigenvalue weighted by Crippen LogP contribution is 2.89. The fourth-order valence-corrected chi connectivity index (χ4v) is 11.3. The molecule has 0 aromatic heterocycles. The van der Waals surface area contributed by atoms with Crippen molar-refractivity contribution in [3.05, 3.63) is 11.6 Å². The average molecular weight is 489 g/mol. The van der Waals surface area contributed by atoms with Crippen molar-refractivity contribution in [1.29, 1.82) is 0 Å². The maximum absolute atomic E-state index is 12.5. The molecule has 0 aromatic carbocycles. The highest BCUT2D eigenvalue weighted by Gasteiger charge is 2.86. The van der Waals surface area contributed by atoms with Crippen LogP contribution in [0.15, 0.2) is 11.6 Å². The van der Waals surface area contributed by atoms with E-state index in [0.717, 1.165) is 51.4 Å². The Morgan fingerprint density at radius 2 is 1.66 bits per heavy atom. The quantitative estimate of drug-likeness (QED) is 0.400. The van der Waals surface area contributed by atoms with Gasteiger partial charge in [0.25, 0.3) is 0 Å². The topological polar surface area (TPSA) is 98.0 Å². The number of allylic oxidation sites excluding steroid dienone is 2. The number of hydrogen-bond acceptors (Lipinski definition) is 4. The summed E-state index contributed by atoms with van der Waals surface area (Å²) in [6.07, 6.45) is 8.06. The van der Waals surface area contributed by atoms with Crippen molar-refractivity contribution >= 4 is 5.97 Å². The van der Waals surface area contributed by atoms with Crippen molar-refractivity contribution in [2.24, 2.45) is 50.7 Å². The zero-order chi connectivity index (χ0) is 25.8. The van der Waals surface area contributed by atoms with Crippen LogP contribution in [0.3, 0.4) is 0 Å². The Morgan fingerprint density at radius 3 is 2.29 bits per heavy atom. The molecule has 5 aliphatic rings. The predicted molar refractivity (Wildman–Crippen MR) is 135 cm³/mol. The number of aliphatic carboxylic acids is 1. The van der Waals surface area contributed by atoms with Crippen molar-refractivity contribution in [1.82, 2.24) is 0 Å². The first-order chi connectivity index (χ1) is 16.2. The van der Waals surface area contributed by atoms with Gasteiger partial charge in [-0.2, -0.15) is 0 Å². The summed E-state index contributed by atoms with van der Waals surface area (Å²) in [7, 11) is 0. The molecule has 0 aliphatic heterocycles. The van der Waals surface area contributed by atoms with Gasteiger partial charge in [0.1, 0.15) is 0 Å². The Kier molecular flexibility index (Phi) is 5.73. The van der Waals surface area contributed by atoms with E-state index in [4.69, 9.17) is 0 Å². The Morgan fingerprint density at radius 1 is 1.00 bits per heavy atom. The molecule has 5 rings (SSSR count). The molecule has 4 N–H and O–H groups in total. The van der Waals surface area contributed by atoms with Crippen molar-refractivity contribution in [3.8, 4) is 0 Å². The second-order valence-corrected chi connectivity index (χ2v) is 14.4. The van der Waals surface area contributed by atoms with Crippen molar-refractivity contribution in [2.45, 2.75) is 118 Å². The Hall–Kier alpha value is -0.910. The fraction of sp³-hybridized carbons (Fsp3) is 0.900. The third kappa shape index (κ3) is 2.95. The van der Waals surface area contributed by atoms with Gasteiger partial charge < -0.3 is 20.4 Å². The van der Waals surface area contributed by atoms with Gasteiger partial charge in [0.15, 0.2) is 0 Å². The highest BCUT2D eigenvalue weighted by atomic mass is 16.4. The van der Waals surface area contributed by atoms with Crippen molar-refractivity contribution in [3.63, 3.8) is 0 Å². The molecule has 0 saturated heterocycles. The Bertz CT molecular complexity index is 926. The number of aliphatic hydroxyl groups is 3. The van der Waals surface area contributed by atoms with Crippen LogP contribution in [0.5, 0.6) is 0 Å². The minimum atomic E-state index is -1.20. The molecule has 0 heterocycles. The number of fused-ring (bicyclic) bond motifs is 2. The molecule has 5 fully saturated rings. The standard InChI is InChI=1S/C30H48O5/c1-17(2)8-7-9-18(3)24-19(31)15-27(5)20-10-11-21-28(6,25(34)35)22(32)14-23(33)30(21)16-29(20,30)13-12-26(24,27)4/h8,18-24,31-33H,7,9-16H2,1-6H3,(H,34,35)/t18-,19-,20+,21+,22+,23+,24+,26-,27+,28+,29+,30-/m1/s1. The van der Waals surface area contributed by atoms with Crippen LogP contribution in [0.1, 0.15) is 99.3 Å². The van der Waals surface area contributed by atoms with E-state index in [-0.39, 0.29) is 40.6 Å². The minimum Gasteiger partial charge on any atom is -0.481 e. The number of aliphatic hydroxyl groups excluding tert-OH is 3. The first kappa shape index (κ1) is 25.7. The summed E-state index contributed by atoms with van der Waals surface area (Å²) in [5.41, 5.74) is -0.291. The number of rotatable bonds is 5. The monoisotopic (exact) mass is 488 g/mol. The van der Waals surface area contributed by atoms with Gasteiger partial charge in [-0.25, -0.2) is 0 Å². The average Bonchev–Trinajstić information content (AvgIpc) is 3.39. The summed E-state index contributed by atoms with van der Waals surface area (Å²) in [5, 5.41) is 44.0. The molecule has 5 aliphatic carbocycles.